The van der Waals surface area contributed by atoms with Crippen molar-refractivity contribution in [3.63, 3.8) is 0 Å². The number of pyridine rings is 1. The number of rotatable bonds is 5. The van der Waals surface area contributed by atoms with E-state index in [-0.39, 0.29) is 18.1 Å². The number of non-ortho nitro benzene ring substituents is 1. The van der Waals surface area contributed by atoms with Crippen LogP contribution in [0.2, 0.25) is 0 Å². The summed E-state index contributed by atoms with van der Waals surface area (Å²) in [6.07, 6.45) is 4.29. The van der Waals surface area contributed by atoms with Crippen LogP contribution in [0, 0.1) is 15.9 Å². The Hall–Kier alpha value is -4.39. The Morgan fingerprint density at radius 3 is 2.66 bits per heavy atom. The maximum atomic E-state index is 13.4. The highest BCUT2D eigenvalue weighted by Gasteiger charge is 2.26. The van der Waals surface area contributed by atoms with E-state index in [1.165, 1.54) is 24.3 Å². The van der Waals surface area contributed by atoms with Gasteiger partial charge in [0.1, 0.15) is 12.4 Å². The van der Waals surface area contributed by atoms with Crippen LogP contribution >= 0.6 is 0 Å². The SMILES string of the molecule is O=C(OCc1cccc([N+](=O)[O-])c1)c1c2c(nc3ccccc13)C(=Cc1ccc(F)cc1)CCC2. The smallest absolute Gasteiger partial charge is 0.339 e. The van der Waals surface area contributed by atoms with E-state index in [0.717, 1.165) is 35.2 Å². The normalized spacial score (nSPS) is 14.0. The fraction of sp³-hybridized carbons (Fsp3) is 0.143. The zero-order valence-electron chi connectivity index (χ0n) is 18.7. The fourth-order valence-corrected chi connectivity index (χ4v) is 4.45. The molecule has 1 heterocycles. The fourth-order valence-electron chi connectivity index (χ4n) is 4.45. The van der Waals surface area contributed by atoms with Crippen molar-refractivity contribution in [1.82, 2.24) is 4.98 Å². The van der Waals surface area contributed by atoms with Gasteiger partial charge in [-0.1, -0.05) is 42.5 Å². The average molecular weight is 468 g/mol. The van der Waals surface area contributed by atoms with E-state index in [4.69, 9.17) is 9.72 Å². The lowest BCUT2D eigenvalue weighted by atomic mass is 9.86. The van der Waals surface area contributed by atoms with E-state index in [1.807, 2.05) is 30.3 Å². The van der Waals surface area contributed by atoms with Crippen molar-refractivity contribution in [2.45, 2.75) is 25.9 Å². The summed E-state index contributed by atoms with van der Waals surface area (Å²) in [6.45, 7) is -0.0792. The third kappa shape index (κ3) is 4.66. The summed E-state index contributed by atoms with van der Waals surface area (Å²) in [4.78, 5) is 28.8. The number of carbonyl (C=O) groups excluding carboxylic acids is 1. The topological polar surface area (TPSA) is 82.3 Å². The van der Waals surface area contributed by atoms with Crippen molar-refractivity contribution < 1.29 is 18.8 Å². The molecule has 0 radical (unpaired) electrons. The molecular weight excluding hydrogens is 447 g/mol. The highest BCUT2D eigenvalue weighted by molar-refractivity contribution is 6.06. The van der Waals surface area contributed by atoms with Crippen molar-refractivity contribution in [2.24, 2.45) is 0 Å². The zero-order valence-corrected chi connectivity index (χ0v) is 18.7. The molecule has 5 rings (SSSR count). The van der Waals surface area contributed by atoms with Gasteiger partial charge in [0.2, 0.25) is 0 Å². The first-order valence-electron chi connectivity index (χ1n) is 11.3. The molecule has 7 heteroatoms. The lowest BCUT2D eigenvalue weighted by molar-refractivity contribution is -0.384. The third-order valence-corrected chi connectivity index (χ3v) is 6.08. The molecule has 0 aliphatic heterocycles. The number of nitro groups is 1. The summed E-state index contributed by atoms with van der Waals surface area (Å²) in [7, 11) is 0. The number of ether oxygens (including phenoxy) is 1. The number of allylic oxidation sites excluding steroid dienone is 1. The summed E-state index contributed by atoms with van der Waals surface area (Å²) in [5, 5.41) is 11.8. The van der Waals surface area contributed by atoms with E-state index < -0.39 is 10.9 Å². The Morgan fingerprint density at radius 2 is 1.86 bits per heavy atom. The summed E-state index contributed by atoms with van der Waals surface area (Å²) in [6, 6.07) is 19.7. The number of hydrogen-bond donors (Lipinski definition) is 0. The van der Waals surface area contributed by atoms with E-state index >= 15 is 0 Å². The molecule has 1 aliphatic carbocycles. The highest BCUT2D eigenvalue weighted by atomic mass is 19.1. The van der Waals surface area contributed by atoms with Gasteiger partial charge in [-0.3, -0.25) is 10.1 Å². The first-order valence-corrected chi connectivity index (χ1v) is 11.3. The van der Waals surface area contributed by atoms with Crippen molar-refractivity contribution in [3.8, 4) is 0 Å². The van der Waals surface area contributed by atoms with Gasteiger partial charge in [-0.05, 0) is 65.8 Å². The Labute approximate surface area is 200 Å². The number of para-hydroxylation sites is 1. The molecule has 0 bridgehead atoms. The first-order chi connectivity index (χ1) is 17.0. The number of fused-ring (bicyclic) bond motifs is 2. The van der Waals surface area contributed by atoms with Gasteiger partial charge in [0.15, 0.2) is 0 Å². The summed E-state index contributed by atoms with van der Waals surface area (Å²) < 4.78 is 19.0. The number of hydrogen-bond acceptors (Lipinski definition) is 5. The second kappa shape index (κ2) is 9.46. The molecule has 0 fully saturated rings. The van der Waals surface area contributed by atoms with Crippen LogP contribution in [-0.2, 0) is 17.8 Å². The molecule has 0 saturated carbocycles. The van der Waals surface area contributed by atoms with E-state index in [1.54, 1.807) is 24.3 Å². The molecule has 0 unspecified atom stereocenters. The number of aromatic nitrogens is 1. The molecule has 0 amide bonds. The molecule has 0 atom stereocenters. The van der Waals surface area contributed by atoms with Crippen LogP contribution in [0.25, 0.3) is 22.6 Å². The minimum absolute atomic E-state index is 0.0548. The van der Waals surface area contributed by atoms with E-state index in [9.17, 15) is 19.3 Å². The van der Waals surface area contributed by atoms with Gasteiger partial charge in [0.25, 0.3) is 5.69 Å². The van der Waals surface area contributed by atoms with Crippen LogP contribution in [0.4, 0.5) is 10.1 Å². The number of halogens is 1. The quantitative estimate of drug-likeness (QED) is 0.189. The van der Waals surface area contributed by atoms with Crippen LogP contribution in [0.3, 0.4) is 0 Å². The highest BCUT2D eigenvalue weighted by Crippen LogP contribution is 2.36. The Morgan fingerprint density at radius 1 is 1.06 bits per heavy atom. The van der Waals surface area contributed by atoms with Gasteiger partial charge in [0.05, 0.1) is 21.7 Å². The molecule has 0 spiro atoms. The van der Waals surface area contributed by atoms with Crippen LogP contribution in [0.5, 0.6) is 0 Å². The van der Waals surface area contributed by atoms with Crippen LogP contribution in [0.1, 0.15) is 45.6 Å². The van der Waals surface area contributed by atoms with Crippen LogP contribution in [0.15, 0.2) is 72.8 Å². The minimum atomic E-state index is -0.491. The molecular formula is C28H21FN2O4. The Kier molecular flexibility index (Phi) is 6.06. The number of benzene rings is 3. The van der Waals surface area contributed by atoms with Gasteiger partial charge in [-0.25, -0.2) is 14.2 Å². The third-order valence-electron chi connectivity index (χ3n) is 6.08. The molecule has 1 aromatic heterocycles. The second-order valence-corrected chi connectivity index (χ2v) is 8.41. The van der Waals surface area contributed by atoms with E-state index in [2.05, 4.69) is 0 Å². The summed E-state index contributed by atoms with van der Waals surface area (Å²) in [5.41, 5.74) is 5.06. The molecule has 174 valence electrons. The summed E-state index contributed by atoms with van der Waals surface area (Å²) in [5.74, 6) is -0.788. The molecule has 4 aromatic rings. The number of carbonyl (C=O) groups is 1. The van der Waals surface area contributed by atoms with Crippen molar-refractivity contribution >= 4 is 34.2 Å². The van der Waals surface area contributed by atoms with Gasteiger partial charge < -0.3 is 4.74 Å². The zero-order chi connectivity index (χ0) is 24.4. The van der Waals surface area contributed by atoms with Crippen molar-refractivity contribution in [2.75, 3.05) is 0 Å². The first kappa shape index (κ1) is 22.4. The molecule has 6 nitrogen and oxygen atoms in total. The lowest BCUT2D eigenvalue weighted by Crippen LogP contribution is -2.15. The Balaban J connectivity index is 1.54. The molecule has 3 aromatic carbocycles. The van der Waals surface area contributed by atoms with Gasteiger partial charge in [0, 0.05) is 17.5 Å². The standard InChI is InChI=1S/C28H21FN2O4/c29-21-13-11-18(12-14-21)15-20-6-4-9-24-26(23-8-1-2-10-25(23)30-27(20)24)28(32)35-17-19-5-3-7-22(16-19)31(33)34/h1-3,5,7-8,10-16H,4,6,9,17H2. The van der Waals surface area contributed by atoms with Crippen LogP contribution in [-0.4, -0.2) is 15.9 Å². The monoisotopic (exact) mass is 468 g/mol. The number of esters is 1. The predicted molar refractivity (Wildman–Crippen MR) is 131 cm³/mol. The largest absolute Gasteiger partial charge is 0.457 e. The van der Waals surface area contributed by atoms with Crippen LogP contribution < -0.4 is 0 Å². The summed E-state index contributed by atoms with van der Waals surface area (Å²) >= 11 is 0. The van der Waals surface area contributed by atoms with Crippen molar-refractivity contribution in [3.05, 3.63) is 117 Å². The van der Waals surface area contributed by atoms with E-state index in [0.29, 0.717) is 28.5 Å². The second-order valence-electron chi connectivity index (χ2n) is 8.41. The lowest BCUT2D eigenvalue weighted by Gasteiger charge is -2.22. The Bertz CT molecular complexity index is 1480. The van der Waals surface area contributed by atoms with Gasteiger partial charge in [-0.2, -0.15) is 0 Å². The van der Waals surface area contributed by atoms with Crippen molar-refractivity contribution in [1.29, 1.82) is 0 Å². The number of nitrogens with zero attached hydrogens (tertiary/aromatic N) is 2. The maximum absolute atomic E-state index is 13.4. The molecule has 0 N–H and O–H groups in total. The predicted octanol–water partition coefficient (Wildman–Crippen LogP) is 6.52. The minimum Gasteiger partial charge on any atom is -0.457 e. The van der Waals surface area contributed by atoms with Gasteiger partial charge in [-0.15, -0.1) is 0 Å². The molecule has 1 aliphatic rings. The maximum Gasteiger partial charge on any atom is 0.339 e. The molecule has 35 heavy (non-hydrogen) atoms. The average Bonchev–Trinajstić information content (AvgIpc) is 2.87. The number of nitro benzene ring substituents is 1. The van der Waals surface area contributed by atoms with Gasteiger partial charge >= 0.3 is 5.97 Å². The molecule has 0 saturated heterocycles.